The summed E-state index contributed by atoms with van der Waals surface area (Å²) in [6.45, 7) is 1.97. The molecule has 0 bridgehead atoms. The molecule has 0 atom stereocenters. The van der Waals surface area contributed by atoms with Crippen LogP contribution >= 0.6 is 27.5 Å². The first kappa shape index (κ1) is 14.3. The van der Waals surface area contributed by atoms with Crippen LogP contribution < -0.4 is 0 Å². The number of ketones is 1. The number of halogens is 2. The Bertz CT molecular complexity index is 855. The highest BCUT2D eigenvalue weighted by Crippen LogP contribution is 2.28. The third-order valence-electron chi connectivity index (χ3n) is 3.54. The van der Waals surface area contributed by atoms with Crippen LogP contribution in [0.2, 0.25) is 5.02 Å². The lowest BCUT2D eigenvalue weighted by Gasteiger charge is -2.08. The second-order valence-electron chi connectivity index (χ2n) is 4.93. The summed E-state index contributed by atoms with van der Waals surface area (Å²) in [5, 5.41) is 2.45. The maximum absolute atomic E-state index is 12.8. The second-order valence-corrected chi connectivity index (χ2v) is 6.20. The molecule has 0 aromatic heterocycles. The van der Waals surface area contributed by atoms with Crippen molar-refractivity contribution in [2.75, 3.05) is 0 Å². The summed E-state index contributed by atoms with van der Waals surface area (Å²) in [5.74, 6) is 0.0125. The standard InChI is InChI=1S/C18H12BrClO/c1-11-10-12(6-8-16(11)19)18(21)15-7-9-17(20)14-5-3-2-4-13(14)15/h2-10H,1H3. The van der Waals surface area contributed by atoms with Gasteiger partial charge in [0.25, 0.3) is 0 Å². The minimum Gasteiger partial charge on any atom is -0.289 e. The van der Waals surface area contributed by atoms with Crippen molar-refractivity contribution in [1.29, 1.82) is 0 Å². The Morgan fingerprint density at radius 3 is 2.43 bits per heavy atom. The fourth-order valence-electron chi connectivity index (χ4n) is 2.40. The van der Waals surface area contributed by atoms with Gasteiger partial charge in [-0.2, -0.15) is 0 Å². The van der Waals surface area contributed by atoms with Gasteiger partial charge >= 0.3 is 0 Å². The van der Waals surface area contributed by atoms with Crippen molar-refractivity contribution in [3.63, 3.8) is 0 Å². The van der Waals surface area contributed by atoms with E-state index < -0.39 is 0 Å². The summed E-state index contributed by atoms with van der Waals surface area (Å²) in [4.78, 5) is 12.8. The van der Waals surface area contributed by atoms with Gasteiger partial charge in [0.15, 0.2) is 5.78 Å². The van der Waals surface area contributed by atoms with Crippen LogP contribution in [0.15, 0.2) is 59.1 Å². The highest BCUT2D eigenvalue weighted by Gasteiger charge is 2.14. The zero-order chi connectivity index (χ0) is 15.0. The van der Waals surface area contributed by atoms with Crippen LogP contribution in [0.25, 0.3) is 10.8 Å². The van der Waals surface area contributed by atoms with Gasteiger partial charge in [0.05, 0.1) is 0 Å². The van der Waals surface area contributed by atoms with E-state index >= 15 is 0 Å². The Kier molecular flexibility index (Phi) is 3.83. The molecule has 0 aliphatic heterocycles. The normalized spacial score (nSPS) is 10.8. The van der Waals surface area contributed by atoms with Gasteiger partial charge < -0.3 is 0 Å². The molecule has 3 heteroatoms. The number of rotatable bonds is 2. The first-order valence-corrected chi connectivity index (χ1v) is 7.73. The second kappa shape index (κ2) is 5.63. The molecule has 0 aliphatic carbocycles. The van der Waals surface area contributed by atoms with Crippen LogP contribution in [0.1, 0.15) is 21.5 Å². The minimum atomic E-state index is 0.0125. The third-order valence-corrected chi connectivity index (χ3v) is 4.75. The van der Waals surface area contributed by atoms with Crippen molar-refractivity contribution in [2.24, 2.45) is 0 Å². The zero-order valence-corrected chi connectivity index (χ0v) is 13.7. The number of aryl methyl sites for hydroxylation is 1. The number of hydrogen-bond donors (Lipinski definition) is 0. The maximum Gasteiger partial charge on any atom is 0.193 e. The van der Waals surface area contributed by atoms with E-state index in [1.54, 1.807) is 12.1 Å². The summed E-state index contributed by atoms with van der Waals surface area (Å²) >= 11 is 9.66. The van der Waals surface area contributed by atoms with E-state index in [4.69, 9.17) is 11.6 Å². The summed E-state index contributed by atoms with van der Waals surface area (Å²) in [5.41, 5.74) is 2.40. The zero-order valence-electron chi connectivity index (χ0n) is 11.4. The molecule has 0 N–H and O–H groups in total. The average molecular weight is 360 g/mol. The van der Waals surface area contributed by atoms with Crippen molar-refractivity contribution in [3.8, 4) is 0 Å². The topological polar surface area (TPSA) is 17.1 Å². The van der Waals surface area contributed by atoms with Crippen molar-refractivity contribution < 1.29 is 4.79 Å². The van der Waals surface area contributed by atoms with E-state index in [0.717, 1.165) is 20.8 Å². The van der Waals surface area contributed by atoms with Gasteiger partial charge in [-0.25, -0.2) is 0 Å². The molecule has 0 aliphatic rings. The predicted molar refractivity (Wildman–Crippen MR) is 91.3 cm³/mol. The van der Waals surface area contributed by atoms with Crippen LogP contribution in [0.5, 0.6) is 0 Å². The molecular formula is C18H12BrClO. The van der Waals surface area contributed by atoms with Crippen LogP contribution in [0.3, 0.4) is 0 Å². The number of carbonyl (C=O) groups excluding carboxylic acids is 1. The molecule has 21 heavy (non-hydrogen) atoms. The fourth-order valence-corrected chi connectivity index (χ4v) is 2.88. The average Bonchev–Trinajstić information content (AvgIpc) is 2.50. The van der Waals surface area contributed by atoms with Crippen LogP contribution in [0.4, 0.5) is 0 Å². The van der Waals surface area contributed by atoms with Gasteiger partial charge in [0, 0.05) is 26.0 Å². The van der Waals surface area contributed by atoms with Crippen molar-refractivity contribution in [2.45, 2.75) is 6.92 Å². The molecule has 3 aromatic rings. The SMILES string of the molecule is Cc1cc(C(=O)c2ccc(Cl)c3ccccc23)ccc1Br. The van der Waals surface area contributed by atoms with Gasteiger partial charge in [-0.05, 0) is 48.2 Å². The van der Waals surface area contributed by atoms with E-state index in [0.29, 0.717) is 16.1 Å². The number of carbonyl (C=O) groups is 1. The Morgan fingerprint density at radius 2 is 1.71 bits per heavy atom. The highest BCUT2D eigenvalue weighted by molar-refractivity contribution is 9.10. The minimum absolute atomic E-state index is 0.0125. The van der Waals surface area contributed by atoms with Crippen LogP contribution in [-0.4, -0.2) is 5.78 Å². The molecule has 0 unspecified atom stereocenters. The van der Waals surface area contributed by atoms with Gasteiger partial charge in [0.1, 0.15) is 0 Å². The highest BCUT2D eigenvalue weighted by atomic mass is 79.9. The fraction of sp³-hybridized carbons (Fsp3) is 0.0556. The number of hydrogen-bond acceptors (Lipinski definition) is 1. The first-order chi connectivity index (χ1) is 10.1. The Labute approximate surface area is 136 Å². The van der Waals surface area contributed by atoms with Crippen LogP contribution in [-0.2, 0) is 0 Å². The van der Waals surface area contributed by atoms with E-state index in [-0.39, 0.29) is 5.78 Å². The molecule has 0 saturated carbocycles. The first-order valence-electron chi connectivity index (χ1n) is 6.56. The number of benzene rings is 3. The van der Waals surface area contributed by atoms with Gasteiger partial charge in [-0.3, -0.25) is 4.79 Å². The van der Waals surface area contributed by atoms with E-state index in [2.05, 4.69) is 15.9 Å². The Balaban J connectivity index is 2.18. The molecule has 0 spiro atoms. The lowest BCUT2D eigenvalue weighted by Crippen LogP contribution is -2.02. The summed E-state index contributed by atoms with van der Waals surface area (Å²) in [7, 11) is 0. The molecule has 0 radical (unpaired) electrons. The van der Waals surface area contributed by atoms with Crippen LogP contribution in [0, 0.1) is 6.92 Å². The van der Waals surface area contributed by atoms with E-state index in [1.807, 2.05) is 49.4 Å². The molecule has 0 heterocycles. The molecular weight excluding hydrogens is 348 g/mol. The largest absolute Gasteiger partial charge is 0.289 e. The van der Waals surface area contributed by atoms with Gasteiger partial charge in [-0.1, -0.05) is 51.8 Å². The molecule has 104 valence electrons. The maximum atomic E-state index is 12.8. The Hall–Kier alpha value is -1.64. The quantitative estimate of drug-likeness (QED) is 0.529. The monoisotopic (exact) mass is 358 g/mol. The van der Waals surface area contributed by atoms with Gasteiger partial charge in [0.2, 0.25) is 0 Å². The molecule has 0 fully saturated rings. The van der Waals surface area contributed by atoms with E-state index in [1.165, 1.54) is 0 Å². The van der Waals surface area contributed by atoms with E-state index in [9.17, 15) is 4.79 Å². The van der Waals surface area contributed by atoms with Crippen molar-refractivity contribution in [1.82, 2.24) is 0 Å². The smallest absolute Gasteiger partial charge is 0.193 e. The molecule has 3 rings (SSSR count). The number of fused-ring (bicyclic) bond motifs is 1. The van der Waals surface area contributed by atoms with Crippen molar-refractivity contribution >= 4 is 44.1 Å². The summed E-state index contributed by atoms with van der Waals surface area (Å²) in [6, 6.07) is 16.9. The Morgan fingerprint density at radius 1 is 1.00 bits per heavy atom. The molecule has 0 saturated heterocycles. The molecule has 0 amide bonds. The molecule has 3 aromatic carbocycles. The third kappa shape index (κ3) is 2.61. The predicted octanol–water partition coefficient (Wildman–Crippen LogP) is 5.80. The summed E-state index contributed by atoms with van der Waals surface area (Å²) < 4.78 is 1.00. The lowest BCUT2D eigenvalue weighted by molar-refractivity contribution is 0.104. The molecule has 1 nitrogen and oxygen atoms in total. The van der Waals surface area contributed by atoms with Gasteiger partial charge in [-0.15, -0.1) is 0 Å². The van der Waals surface area contributed by atoms with Crippen molar-refractivity contribution in [3.05, 3.63) is 80.8 Å². The summed E-state index contributed by atoms with van der Waals surface area (Å²) in [6.07, 6.45) is 0. The lowest BCUT2D eigenvalue weighted by atomic mass is 9.96.